The predicted molar refractivity (Wildman–Crippen MR) is 99.8 cm³/mol. The van der Waals surface area contributed by atoms with Gasteiger partial charge in [0.2, 0.25) is 5.91 Å². The maximum Gasteiger partial charge on any atom is 0.223 e. The lowest BCUT2D eigenvalue weighted by Crippen LogP contribution is -2.47. The number of hydrogen-bond acceptors (Lipinski definition) is 4. The lowest BCUT2D eigenvalue weighted by Gasteiger charge is -2.28. The summed E-state index contributed by atoms with van der Waals surface area (Å²) in [5, 5.41) is 3.27. The van der Waals surface area contributed by atoms with Gasteiger partial charge < -0.3 is 15.0 Å². The van der Waals surface area contributed by atoms with Gasteiger partial charge in [-0.05, 0) is 17.7 Å². The smallest absolute Gasteiger partial charge is 0.223 e. The second-order valence-corrected chi connectivity index (χ2v) is 5.75. The van der Waals surface area contributed by atoms with Crippen molar-refractivity contribution in [2.45, 2.75) is 13.0 Å². The van der Waals surface area contributed by atoms with Crippen LogP contribution in [0.25, 0.3) is 0 Å². The molecule has 1 aromatic rings. The summed E-state index contributed by atoms with van der Waals surface area (Å²) < 4.78 is 5.18. The minimum atomic E-state index is 0. The third-order valence-electron chi connectivity index (χ3n) is 4.06. The van der Waals surface area contributed by atoms with E-state index in [4.69, 9.17) is 4.74 Å². The zero-order valence-electron chi connectivity index (χ0n) is 14.4. The molecule has 0 saturated carbocycles. The molecule has 6 heteroatoms. The van der Waals surface area contributed by atoms with Gasteiger partial charge in [0.15, 0.2) is 0 Å². The minimum Gasteiger partial charge on any atom is -0.497 e. The highest BCUT2D eigenvalue weighted by Gasteiger charge is 2.17. The van der Waals surface area contributed by atoms with E-state index < -0.39 is 0 Å². The number of nitrogens with zero attached hydrogens (tertiary/aromatic N) is 2. The quantitative estimate of drug-likeness (QED) is 0.725. The van der Waals surface area contributed by atoms with E-state index in [0.717, 1.165) is 51.6 Å². The Kier molecular flexibility index (Phi) is 9.45. The summed E-state index contributed by atoms with van der Waals surface area (Å²) in [6.07, 6.45) is 2.45. The molecule has 1 aliphatic rings. The van der Waals surface area contributed by atoms with Gasteiger partial charge in [-0.3, -0.25) is 9.69 Å². The van der Waals surface area contributed by atoms with Crippen molar-refractivity contribution in [3.05, 3.63) is 42.5 Å². The maximum atomic E-state index is 12.3. The molecule has 0 aliphatic carbocycles. The molecule has 5 nitrogen and oxygen atoms in total. The van der Waals surface area contributed by atoms with Gasteiger partial charge in [-0.25, -0.2) is 0 Å². The molecule has 1 fully saturated rings. The van der Waals surface area contributed by atoms with Crippen molar-refractivity contribution in [2.24, 2.45) is 0 Å². The zero-order chi connectivity index (χ0) is 16.5. The molecule has 0 atom stereocenters. The first-order valence-electron chi connectivity index (χ1n) is 8.17. The summed E-state index contributed by atoms with van der Waals surface area (Å²) in [4.78, 5) is 16.5. The van der Waals surface area contributed by atoms with Gasteiger partial charge in [0.1, 0.15) is 5.75 Å². The molecule has 2 rings (SSSR count). The van der Waals surface area contributed by atoms with Crippen molar-refractivity contribution in [3.8, 4) is 5.75 Å². The SMILES string of the molecule is C=CCN(CCC(=O)N1CCNCC1)Cc1ccc(OC)cc1.Cl. The predicted octanol–water partition coefficient (Wildman–Crippen LogP) is 1.93. The number of amides is 1. The van der Waals surface area contributed by atoms with Crippen molar-refractivity contribution in [3.63, 3.8) is 0 Å². The van der Waals surface area contributed by atoms with E-state index in [1.54, 1.807) is 7.11 Å². The monoisotopic (exact) mass is 353 g/mol. The zero-order valence-corrected chi connectivity index (χ0v) is 15.2. The van der Waals surface area contributed by atoms with Gasteiger partial charge in [0.05, 0.1) is 7.11 Å². The standard InChI is InChI=1S/C18H27N3O2.ClH/c1-3-11-20(15-16-4-6-17(23-2)7-5-16)12-8-18(22)21-13-9-19-10-14-21;/h3-7,19H,1,8-15H2,2H3;1H. The lowest BCUT2D eigenvalue weighted by atomic mass is 10.2. The van der Waals surface area contributed by atoms with Crippen LogP contribution in [-0.4, -0.2) is 62.1 Å². The highest BCUT2D eigenvalue weighted by atomic mass is 35.5. The van der Waals surface area contributed by atoms with Crippen molar-refractivity contribution >= 4 is 18.3 Å². The first-order valence-corrected chi connectivity index (χ1v) is 8.17. The van der Waals surface area contributed by atoms with E-state index in [-0.39, 0.29) is 18.3 Å². The van der Waals surface area contributed by atoms with Gasteiger partial charge in [-0.1, -0.05) is 18.2 Å². The fourth-order valence-electron chi connectivity index (χ4n) is 2.73. The molecule has 134 valence electrons. The molecule has 1 aliphatic heterocycles. The molecule has 0 aromatic heterocycles. The van der Waals surface area contributed by atoms with E-state index >= 15 is 0 Å². The molecule has 1 saturated heterocycles. The van der Waals surface area contributed by atoms with Crippen molar-refractivity contribution in [1.29, 1.82) is 0 Å². The number of piperazine rings is 1. The summed E-state index contributed by atoms with van der Waals surface area (Å²) >= 11 is 0. The fraction of sp³-hybridized carbons (Fsp3) is 0.500. The second-order valence-electron chi connectivity index (χ2n) is 5.75. The summed E-state index contributed by atoms with van der Waals surface area (Å²) in [5.74, 6) is 1.10. The molecule has 1 aromatic carbocycles. The van der Waals surface area contributed by atoms with Gasteiger partial charge in [-0.2, -0.15) is 0 Å². The van der Waals surface area contributed by atoms with Crippen molar-refractivity contribution < 1.29 is 9.53 Å². The van der Waals surface area contributed by atoms with E-state index in [2.05, 4.69) is 28.9 Å². The Bertz CT molecular complexity index is 501. The number of benzene rings is 1. The molecule has 0 radical (unpaired) electrons. The van der Waals surface area contributed by atoms with Crippen LogP contribution in [0.15, 0.2) is 36.9 Å². The lowest BCUT2D eigenvalue weighted by molar-refractivity contribution is -0.132. The number of carbonyl (C=O) groups excluding carboxylic acids is 1. The summed E-state index contributed by atoms with van der Waals surface area (Å²) in [6.45, 7) is 9.59. The minimum absolute atomic E-state index is 0. The van der Waals surface area contributed by atoms with Gasteiger partial charge in [0, 0.05) is 52.2 Å². The van der Waals surface area contributed by atoms with Crippen molar-refractivity contribution in [2.75, 3.05) is 46.4 Å². The Balaban J connectivity index is 0.00000288. The van der Waals surface area contributed by atoms with Crippen LogP contribution in [0.2, 0.25) is 0 Å². The molecule has 0 spiro atoms. The third kappa shape index (κ3) is 6.51. The number of halogens is 1. The van der Waals surface area contributed by atoms with E-state index in [1.165, 1.54) is 5.56 Å². The Morgan fingerprint density at radius 3 is 2.58 bits per heavy atom. The molecule has 1 N–H and O–H groups in total. The van der Waals surface area contributed by atoms with Crippen LogP contribution in [0, 0.1) is 0 Å². The van der Waals surface area contributed by atoms with Crippen molar-refractivity contribution in [1.82, 2.24) is 15.1 Å². The fourth-order valence-corrected chi connectivity index (χ4v) is 2.73. The van der Waals surface area contributed by atoms with Gasteiger partial charge in [0.25, 0.3) is 0 Å². The number of methoxy groups -OCH3 is 1. The molecule has 1 heterocycles. The van der Waals surface area contributed by atoms with Crippen LogP contribution in [0.5, 0.6) is 5.75 Å². The Morgan fingerprint density at radius 2 is 2.00 bits per heavy atom. The topological polar surface area (TPSA) is 44.8 Å². The number of ether oxygens (including phenoxy) is 1. The summed E-state index contributed by atoms with van der Waals surface area (Å²) in [6, 6.07) is 8.06. The van der Waals surface area contributed by atoms with E-state index in [1.807, 2.05) is 23.1 Å². The van der Waals surface area contributed by atoms with Gasteiger partial charge in [-0.15, -0.1) is 19.0 Å². The van der Waals surface area contributed by atoms with Crippen LogP contribution in [0.3, 0.4) is 0 Å². The van der Waals surface area contributed by atoms with Crippen LogP contribution in [-0.2, 0) is 11.3 Å². The Labute approximate surface area is 151 Å². The highest BCUT2D eigenvalue weighted by Crippen LogP contribution is 2.13. The summed E-state index contributed by atoms with van der Waals surface area (Å²) in [5.41, 5.74) is 1.21. The molecule has 0 bridgehead atoms. The van der Waals surface area contributed by atoms with Gasteiger partial charge >= 0.3 is 0 Å². The van der Waals surface area contributed by atoms with Crippen LogP contribution >= 0.6 is 12.4 Å². The number of carbonyl (C=O) groups is 1. The second kappa shape index (κ2) is 11.1. The normalized spacial score (nSPS) is 14.2. The third-order valence-corrected chi connectivity index (χ3v) is 4.06. The average Bonchev–Trinajstić information content (AvgIpc) is 2.61. The molecule has 24 heavy (non-hydrogen) atoms. The Hall–Kier alpha value is -1.56. The largest absolute Gasteiger partial charge is 0.497 e. The van der Waals surface area contributed by atoms with E-state index in [9.17, 15) is 4.79 Å². The molecular weight excluding hydrogens is 326 g/mol. The molecular formula is C18H28ClN3O2. The highest BCUT2D eigenvalue weighted by molar-refractivity contribution is 5.85. The number of nitrogens with one attached hydrogen (secondary N) is 1. The maximum absolute atomic E-state index is 12.3. The van der Waals surface area contributed by atoms with Crippen LogP contribution < -0.4 is 10.1 Å². The van der Waals surface area contributed by atoms with E-state index in [0.29, 0.717) is 6.42 Å². The van der Waals surface area contributed by atoms with Crippen LogP contribution in [0.4, 0.5) is 0 Å². The summed E-state index contributed by atoms with van der Waals surface area (Å²) in [7, 11) is 1.67. The van der Waals surface area contributed by atoms with Crippen LogP contribution in [0.1, 0.15) is 12.0 Å². The first kappa shape index (κ1) is 20.5. The first-order chi connectivity index (χ1) is 11.2. The molecule has 1 amide bonds. The number of rotatable bonds is 8. The average molecular weight is 354 g/mol. The molecule has 0 unspecified atom stereocenters. The Morgan fingerprint density at radius 1 is 1.33 bits per heavy atom. The number of hydrogen-bond donors (Lipinski definition) is 1.